The third-order valence-electron chi connectivity index (χ3n) is 10.3. The van der Waals surface area contributed by atoms with Crippen molar-refractivity contribution in [1.82, 2.24) is 0 Å². The number of hydrogen-bond donors (Lipinski definition) is 0. The van der Waals surface area contributed by atoms with Gasteiger partial charge in [0.1, 0.15) is 0 Å². The Labute approximate surface area is 293 Å². The van der Waals surface area contributed by atoms with Crippen LogP contribution in [0.25, 0.3) is 11.1 Å². The maximum absolute atomic E-state index is 2.70. The molecule has 0 bridgehead atoms. The number of hydrogen-bond acceptors (Lipinski definition) is 0. The van der Waals surface area contributed by atoms with Gasteiger partial charge in [0.2, 0.25) is 0 Å². The standard InChI is InChI=1S/C21H25.C15H14.C10H15.Zr/c1-20(2,3)16-9-7-14-11-15-8-10-17(21(4,5)6)13-19(15)18(14)12-16;1-3-8-14(9-4-1)12-7-13-15-10-5-2-6-11-15;1-8-5-6-9(7-8)10(2,3)4;/h7-13H,1-6H3;1-6,8-11H,12-13H2;6-8H,1-4H3;. The fraction of sp³-hybridized carbons (Fsp3) is 0.370. The number of rotatable bonds is 6. The number of benzene rings is 4. The zero-order valence-electron chi connectivity index (χ0n) is 30.5. The van der Waals surface area contributed by atoms with Crippen LogP contribution in [0.2, 0.25) is 0 Å². The van der Waals surface area contributed by atoms with Gasteiger partial charge in [-0.05, 0) is 0 Å². The molecule has 47 heavy (non-hydrogen) atoms. The average molecular weight is 698 g/mol. The second kappa shape index (κ2) is 12.9. The molecule has 0 aliphatic heterocycles. The van der Waals surface area contributed by atoms with E-state index in [1.54, 1.807) is 17.6 Å². The Morgan fingerprint density at radius 3 is 1.40 bits per heavy atom. The molecule has 0 aromatic heterocycles. The minimum absolute atomic E-state index is 0.0996. The molecule has 0 N–H and O–H groups in total. The number of fused-ring (bicyclic) bond motifs is 3. The normalized spacial score (nSPS) is 16.4. The van der Waals surface area contributed by atoms with Crippen molar-refractivity contribution >= 4 is 3.21 Å². The van der Waals surface area contributed by atoms with Crippen LogP contribution in [0.1, 0.15) is 106 Å². The second-order valence-corrected chi connectivity index (χ2v) is 23.7. The van der Waals surface area contributed by atoms with Crippen LogP contribution >= 0.6 is 0 Å². The van der Waals surface area contributed by atoms with E-state index in [0.29, 0.717) is 9.54 Å². The van der Waals surface area contributed by atoms with Crippen molar-refractivity contribution in [1.29, 1.82) is 0 Å². The van der Waals surface area contributed by atoms with Crippen LogP contribution in [0.4, 0.5) is 0 Å². The van der Waals surface area contributed by atoms with Gasteiger partial charge in [-0.25, -0.2) is 0 Å². The monoisotopic (exact) mass is 696 g/mol. The Morgan fingerprint density at radius 2 is 1.02 bits per heavy atom. The van der Waals surface area contributed by atoms with Gasteiger partial charge in [0.25, 0.3) is 0 Å². The van der Waals surface area contributed by atoms with Crippen LogP contribution in [0.15, 0.2) is 118 Å². The topological polar surface area (TPSA) is 0 Å². The van der Waals surface area contributed by atoms with E-state index in [2.05, 4.69) is 178 Å². The Bertz CT molecular complexity index is 1750. The first kappa shape index (κ1) is 34.0. The van der Waals surface area contributed by atoms with Gasteiger partial charge in [-0.1, -0.05) is 0 Å². The van der Waals surface area contributed by atoms with Crippen LogP contribution in [-0.2, 0) is 44.9 Å². The Morgan fingerprint density at radius 1 is 0.574 bits per heavy atom. The van der Waals surface area contributed by atoms with Crippen molar-refractivity contribution in [3.8, 4) is 11.1 Å². The molecule has 1 unspecified atom stereocenters. The molecule has 0 saturated carbocycles. The maximum atomic E-state index is 2.68. The molecular weight excluding hydrogens is 644 g/mol. The summed E-state index contributed by atoms with van der Waals surface area (Å²) in [4.78, 5) is 0. The summed E-state index contributed by atoms with van der Waals surface area (Å²) in [6.45, 7) is 23.7. The van der Waals surface area contributed by atoms with Gasteiger partial charge in [0.05, 0.1) is 0 Å². The Kier molecular flexibility index (Phi) is 9.30. The zero-order chi connectivity index (χ0) is 33.7. The quantitative estimate of drug-likeness (QED) is 0.188. The van der Waals surface area contributed by atoms with E-state index >= 15 is 0 Å². The van der Waals surface area contributed by atoms with Gasteiger partial charge >= 0.3 is 295 Å². The van der Waals surface area contributed by atoms with E-state index in [1.807, 2.05) is 0 Å². The predicted octanol–water partition coefficient (Wildman–Crippen LogP) is 12.1. The first-order valence-electron chi connectivity index (χ1n) is 17.6. The van der Waals surface area contributed by atoms with Crippen molar-refractivity contribution in [2.75, 3.05) is 0 Å². The van der Waals surface area contributed by atoms with Gasteiger partial charge in [0, 0.05) is 0 Å². The van der Waals surface area contributed by atoms with Gasteiger partial charge in [-0.3, -0.25) is 0 Å². The molecule has 0 nitrogen and oxygen atoms in total. The molecule has 0 radical (unpaired) electrons. The second-order valence-electron chi connectivity index (χ2n) is 17.1. The Hall–Kier alpha value is -2.89. The number of allylic oxidation sites excluding steroid dienone is 4. The predicted molar refractivity (Wildman–Crippen MR) is 201 cm³/mol. The summed E-state index contributed by atoms with van der Waals surface area (Å²) in [6.07, 6.45) is 7.39. The van der Waals surface area contributed by atoms with Gasteiger partial charge < -0.3 is 0 Å². The third kappa shape index (κ3) is 7.13. The molecule has 1 heteroatoms. The summed E-state index contributed by atoms with van der Waals surface area (Å²) in [5, 5.41) is 0. The Balaban J connectivity index is 1.68. The molecule has 4 aromatic carbocycles. The van der Waals surface area contributed by atoms with Gasteiger partial charge in [0.15, 0.2) is 0 Å². The van der Waals surface area contributed by atoms with E-state index in [9.17, 15) is 0 Å². The molecule has 2 aliphatic carbocycles. The molecule has 6 rings (SSSR count). The summed E-state index contributed by atoms with van der Waals surface area (Å²) >= 11 is -2.70. The van der Waals surface area contributed by atoms with Crippen molar-refractivity contribution < 1.29 is 21.3 Å². The van der Waals surface area contributed by atoms with Crippen molar-refractivity contribution in [3.05, 3.63) is 151 Å². The third-order valence-corrected chi connectivity index (χ3v) is 19.0. The summed E-state index contributed by atoms with van der Waals surface area (Å²) in [5.74, 6) is 0.468. The molecule has 0 amide bonds. The van der Waals surface area contributed by atoms with Crippen LogP contribution in [0, 0.1) is 11.3 Å². The van der Waals surface area contributed by atoms with Crippen LogP contribution in [0.5, 0.6) is 0 Å². The van der Waals surface area contributed by atoms with Crippen LogP contribution in [-0.4, -0.2) is 3.21 Å². The van der Waals surface area contributed by atoms with E-state index in [-0.39, 0.29) is 16.2 Å². The van der Waals surface area contributed by atoms with Crippen LogP contribution in [0.3, 0.4) is 0 Å². The molecule has 0 saturated heterocycles. The first-order chi connectivity index (χ1) is 22.1. The summed E-state index contributed by atoms with van der Waals surface area (Å²) in [5.41, 5.74) is 13.7. The van der Waals surface area contributed by atoms with E-state index in [1.165, 1.54) is 39.0 Å². The molecule has 0 fully saturated rings. The van der Waals surface area contributed by atoms with Crippen molar-refractivity contribution in [2.24, 2.45) is 11.3 Å². The van der Waals surface area contributed by atoms with Crippen molar-refractivity contribution in [2.45, 2.75) is 96.5 Å². The van der Waals surface area contributed by atoms with E-state index in [4.69, 9.17) is 0 Å². The molecule has 1 atom stereocenters. The summed E-state index contributed by atoms with van der Waals surface area (Å²) in [6, 6.07) is 37.7. The fourth-order valence-electron chi connectivity index (χ4n) is 7.50. The van der Waals surface area contributed by atoms with Gasteiger partial charge in [-0.2, -0.15) is 0 Å². The summed E-state index contributed by atoms with van der Waals surface area (Å²) in [7, 11) is 0. The fourth-order valence-corrected chi connectivity index (χ4v) is 17.2. The summed E-state index contributed by atoms with van der Waals surface area (Å²) < 4.78 is 4.02. The van der Waals surface area contributed by atoms with Crippen molar-refractivity contribution in [3.63, 3.8) is 0 Å². The molecule has 0 spiro atoms. The van der Waals surface area contributed by atoms with E-state index in [0.717, 1.165) is 12.8 Å². The molecule has 0 heterocycles. The average Bonchev–Trinajstić information content (AvgIpc) is 3.55. The molecule has 242 valence electrons. The molecular formula is C46H54Zr. The molecule has 2 aliphatic rings. The van der Waals surface area contributed by atoms with Crippen LogP contribution < -0.4 is 0 Å². The first-order valence-corrected chi connectivity index (χ1v) is 21.5. The van der Waals surface area contributed by atoms with Gasteiger partial charge in [-0.15, -0.1) is 0 Å². The minimum atomic E-state index is -2.70. The molecule has 4 aromatic rings. The SMILES string of the molecule is CC1C=C(C(C)(C)C)C=[C]1[Zr](=[C](Cc1ccccc1)Cc1ccccc1)[CH]1c2ccc(C(C)(C)C)cc2-c2cc(C(C)(C)C)ccc21. The zero-order valence-corrected chi connectivity index (χ0v) is 32.9. The van der Waals surface area contributed by atoms with E-state index < -0.39 is 21.3 Å².